The number of aromatic nitrogens is 1. The van der Waals surface area contributed by atoms with Crippen molar-refractivity contribution in [1.82, 2.24) is 4.98 Å². The molecule has 17 heavy (non-hydrogen) atoms. The third kappa shape index (κ3) is 4.42. The van der Waals surface area contributed by atoms with Crippen LogP contribution >= 0.6 is 0 Å². The van der Waals surface area contributed by atoms with Crippen LogP contribution in [0.5, 0.6) is 0 Å². The molecule has 0 unspecified atom stereocenters. The van der Waals surface area contributed by atoms with Gasteiger partial charge >= 0.3 is 13.2 Å². The Bertz CT molecular complexity index is 373. The van der Waals surface area contributed by atoms with Crippen LogP contribution in [0.15, 0.2) is 18.3 Å². The molecule has 1 rings (SSSR count). The van der Waals surface area contributed by atoms with Gasteiger partial charge in [0.2, 0.25) is 0 Å². The molecule has 3 N–H and O–H groups in total. The maximum Gasteiger partial charge on any atom is 0.492 e. The van der Waals surface area contributed by atoms with Gasteiger partial charge in [0.15, 0.2) is 0 Å². The van der Waals surface area contributed by atoms with Gasteiger partial charge in [-0.15, -0.1) is 0 Å². The number of nitrogens with one attached hydrogen (secondary N) is 1. The summed E-state index contributed by atoms with van der Waals surface area (Å²) in [6.07, 6.45) is 2.50. The molecular formula is C10H15BN2O4. The Morgan fingerprint density at radius 2 is 2.35 bits per heavy atom. The lowest BCUT2D eigenvalue weighted by Crippen LogP contribution is -2.34. The number of carbonyl (C=O) groups is 1. The highest BCUT2D eigenvalue weighted by Crippen LogP contribution is 2.00. The number of ether oxygens (including phenoxy) is 1. The molecule has 0 bridgehead atoms. The van der Waals surface area contributed by atoms with Crippen molar-refractivity contribution in [2.45, 2.75) is 19.8 Å². The van der Waals surface area contributed by atoms with Gasteiger partial charge in [-0.3, -0.25) is 5.32 Å². The molecule has 0 fully saturated rings. The van der Waals surface area contributed by atoms with Crippen LogP contribution < -0.4 is 10.8 Å². The normalized spacial score (nSPS) is 9.82. The van der Waals surface area contributed by atoms with E-state index in [1.165, 1.54) is 12.3 Å². The summed E-state index contributed by atoms with van der Waals surface area (Å²) >= 11 is 0. The number of anilines is 1. The van der Waals surface area contributed by atoms with Gasteiger partial charge in [-0.05, 0) is 12.5 Å². The first-order valence-corrected chi connectivity index (χ1v) is 5.40. The van der Waals surface area contributed by atoms with E-state index in [0.717, 1.165) is 12.8 Å². The van der Waals surface area contributed by atoms with Crippen molar-refractivity contribution in [3.8, 4) is 0 Å². The Hall–Kier alpha value is -1.60. The van der Waals surface area contributed by atoms with Crippen LogP contribution in [0.3, 0.4) is 0 Å². The molecule has 0 aromatic carbocycles. The summed E-state index contributed by atoms with van der Waals surface area (Å²) in [6.45, 7) is 2.31. The molecule has 0 saturated carbocycles. The van der Waals surface area contributed by atoms with E-state index in [9.17, 15) is 4.79 Å². The third-order valence-electron chi connectivity index (χ3n) is 2.07. The van der Waals surface area contributed by atoms with Gasteiger partial charge in [-0.25, -0.2) is 9.78 Å². The van der Waals surface area contributed by atoms with E-state index in [1.807, 2.05) is 6.92 Å². The molecule has 0 aliphatic heterocycles. The highest BCUT2D eigenvalue weighted by molar-refractivity contribution is 6.60. The summed E-state index contributed by atoms with van der Waals surface area (Å²) in [5.74, 6) is 0.0870. The average molecular weight is 238 g/mol. The molecule has 0 spiro atoms. The summed E-state index contributed by atoms with van der Waals surface area (Å²) in [5, 5.41) is 20.5. The molecule has 7 heteroatoms. The van der Waals surface area contributed by atoms with E-state index < -0.39 is 13.2 Å². The van der Waals surface area contributed by atoms with Gasteiger partial charge < -0.3 is 14.8 Å². The minimum Gasteiger partial charge on any atom is -0.449 e. The van der Waals surface area contributed by atoms with E-state index in [-0.39, 0.29) is 11.3 Å². The number of rotatable bonds is 5. The Balaban J connectivity index is 2.58. The van der Waals surface area contributed by atoms with Crippen molar-refractivity contribution in [2.24, 2.45) is 0 Å². The maximum atomic E-state index is 11.3. The van der Waals surface area contributed by atoms with Gasteiger partial charge in [-0.2, -0.15) is 0 Å². The summed E-state index contributed by atoms with van der Waals surface area (Å²) in [5.41, 5.74) is 0.125. The maximum absolute atomic E-state index is 11.3. The fourth-order valence-electron chi connectivity index (χ4n) is 1.17. The number of unbranched alkanes of at least 4 members (excludes halogenated alkanes) is 1. The summed E-state index contributed by atoms with van der Waals surface area (Å²) in [6, 6.07) is 3.00. The molecule has 0 aliphatic carbocycles. The zero-order valence-electron chi connectivity index (χ0n) is 9.59. The SMILES string of the molecule is CCCCOC(=O)Nc1ncccc1B(O)O. The molecule has 1 aromatic rings. The van der Waals surface area contributed by atoms with Crippen molar-refractivity contribution in [3.05, 3.63) is 18.3 Å². The third-order valence-corrected chi connectivity index (χ3v) is 2.07. The molecule has 92 valence electrons. The quantitative estimate of drug-likeness (QED) is 0.500. The van der Waals surface area contributed by atoms with E-state index in [4.69, 9.17) is 14.8 Å². The first kappa shape index (κ1) is 13.5. The molecule has 0 saturated heterocycles. The second-order valence-electron chi connectivity index (χ2n) is 3.43. The van der Waals surface area contributed by atoms with Crippen LogP contribution in [0, 0.1) is 0 Å². The highest BCUT2D eigenvalue weighted by Gasteiger charge is 2.18. The number of hydrogen-bond acceptors (Lipinski definition) is 5. The number of pyridine rings is 1. The van der Waals surface area contributed by atoms with E-state index >= 15 is 0 Å². The van der Waals surface area contributed by atoms with Gasteiger partial charge in [0, 0.05) is 11.7 Å². The van der Waals surface area contributed by atoms with E-state index in [0.29, 0.717) is 6.61 Å². The van der Waals surface area contributed by atoms with Crippen molar-refractivity contribution in [2.75, 3.05) is 11.9 Å². The van der Waals surface area contributed by atoms with Crippen molar-refractivity contribution < 1.29 is 19.6 Å². The minimum absolute atomic E-state index is 0.0870. The minimum atomic E-state index is -1.69. The highest BCUT2D eigenvalue weighted by atomic mass is 16.5. The largest absolute Gasteiger partial charge is 0.492 e. The monoisotopic (exact) mass is 238 g/mol. The second-order valence-corrected chi connectivity index (χ2v) is 3.43. The fourth-order valence-corrected chi connectivity index (χ4v) is 1.17. The Morgan fingerprint density at radius 3 is 3.00 bits per heavy atom. The molecular weight excluding hydrogens is 223 g/mol. The molecule has 6 nitrogen and oxygen atoms in total. The van der Waals surface area contributed by atoms with Crippen molar-refractivity contribution in [3.63, 3.8) is 0 Å². The average Bonchev–Trinajstić information content (AvgIpc) is 2.29. The van der Waals surface area contributed by atoms with Crippen LogP contribution in [-0.2, 0) is 4.74 Å². The first-order chi connectivity index (χ1) is 8.15. The Labute approximate surface area is 99.8 Å². The standard InChI is InChI=1S/C10H15BN2O4/c1-2-3-7-17-10(14)13-9-8(11(15)16)5-4-6-12-9/h4-6,15-16H,2-3,7H2,1H3,(H,12,13,14). The van der Waals surface area contributed by atoms with E-state index in [2.05, 4.69) is 10.3 Å². The van der Waals surface area contributed by atoms with Crippen LogP contribution in [0.2, 0.25) is 0 Å². The van der Waals surface area contributed by atoms with E-state index in [1.54, 1.807) is 6.07 Å². The topological polar surface area (TPSA) is 91.7 Å². The number of nitrogens with zero attached hydrogens (tertiary/aromatic N) is 1. The smallest absolute Gasteiger partial charge is 0.449 e. The summed E-state index contributed by atoms with van der Waals surface area (Å²) in [7, 11) is -1.69. The predicted octanol–water partition coefficient (Wildman–Crippen LogP) is 0.110. The lowest BCUT2D eigenvalue weighted by atomic mass is 9.80. The van der Waals surface area contributed by atoms with Gasteiger partial charge in [0.1, 0.15) is 5.82 Å². The lowest BCUT2D eigenvalue weighted by molar-refractivity contribution is 0.160. The number of carbonyl (C=O) groups excluding carboxylic acids is 1. The molecule has 1 aromatic heterocycles. The fraction of sp³-hybridized carbons (Fsp3) is 0.400. The molecule has 0 aliphatic rings. The van der Waals surface area contributed by atoms with Crippen LogP contribution in [-0.4, -0.2) is 34.9 Å². The Kier molecular flexibility index (Phi) is 5.45. The molecule has 1 heterocycles. The van der Waals surface area contributed by atoms with Crippen molar-refractivity contribution >= 4 is 24.5 Å². The second kappa shape index (κ2) is 6.87. The van der Waals surface area contributed by atoms with Gasteiger partial charge in [0.25, 0.3) is 0 Å². The summed E-state index contributed by atoms with van der Waals surface area (Å²) in [4.78, 5) is 15.2. The number of amides is 1. The molecule has 1 amide bonds. The molecule has 0 radical (unpaired) electrons. The van der Waals surface area contributed by atoms with Crippen LogP contribution in [0.4, 0.5) is 10.6 Å². The van der Waals surface area contributed by atoms with Gasteiger partial charge in [-0.1, -0.05) is 19.4 Å². The zero-order valence-corrected chi connectivity index (χ0v) is 9.59. The van der Waals surface area contributed by atoms with Gasteiger partial charge in [0.05, 0.1) is 6.61 Å². The molecule has 0 atom stereocenters. The predicted molar refractivity (Wildman–Crippen MR) is 63.9 cm³/mol. The number of hydrogen-bond donors (Lipinski definition) is 3. The van der Waals surface area contributed by atoms with Crippen LogP contribution in [0.25, 0.3) is 0 Å². The van der Waals surface area contributed by atoms with Crippen molar-refractivity contribution in [1.29, 1.82) is 0 Å². The van der Waals surface area contributed by atoms with Crippen LogP contribution in [0.1, 0.15) is 19.8 Å². The summed E-state index contributed by atoms with van der Waals surface area (Å²) < 4.78 is 4.87. The zero-order chi connectivity index (χ0) is 12.7. The lowest BCUT2D eigenvalue weighted by Gasteiger charge is -2.09. The Morgan fingerprint density at radius 1 is 1.59 bits per heavy atom. The first-order valence-electron chi connectivity index (χ1n) is 5.40.